The van der Waals surface area contributed by atoms with Gasteiger partial charge in [-0.15, -0.1) is 0 Å². The summed E-state index contributed by atoms with van der Waals surface area (Å²) in [5, 5.41) is 9.28. The summed E-state index contributed by atoms with van der Waals surface area (Å²) in [6.45, 7) is 7.76. The molecule has 10 heavy (non-hydrogen) atoms. The molecular weight excluding hydrogens is 126 g/mol. The summed E-state index contributed by atoms with van der Waals surface area (Å²) in [7, 11) is 0. The Hall–Kier alpha value is -0.340. The van der Waals surface area contributed by atoms with Crippen LogP contribution in [0, 0.1) is 5.92 Å². The van der Waals surface area contributed by atoms with Gasteiger partial charge in [-0.2, -0.15) is 0 Å². The first-order chi connectivity index (χ1) is 4.74. The molecule has 2 nitrogen and oxygen atoms in total. The van der Waals surface area contributed by atoms with Gasteiger partial charge in [-0.3, -0.25) is 4.90 Å². The number of likely N-dealkylation sites (tertiary alicyclic amines) is 1. The van der Waals surface area contributed by atoms with Gasteiger partial charge in [-0.05, 0) is 18.4 Å². The fraction of sp³-hybridized carbons (Fsp3) is 0.750. The minimum Gasteiger partial charge on any atom is -0.375 e. The minimum atomic E-state index is -0.426. The van der Waals surface area contributed by atoms with Crippen LogP contribution in [0.4, 0.5) is 0 Å². The van der Waals surface area contributed by atoms with E-state index in [2.05, 4.69) is 13.5 Å². The highest BCUT2D eigenvalue weighted by Gasteiger charge is 2.21. The Kier molecular flexibility index (Phi) is 2.46. The molecule has 1 saturated heterocycles. The molecule has 0 radical (unpaired) electrons. The van der Waals surface area contributed by atoms with Crippen LogP contribution in [0.2, 0.25) is 0 Å². The van der Waals surface area contributed by atoms with E-state index >= 15 is 0 Å². The van der Waals surface area contributed by atoms with Crippen molar-refractivity contribution in [3.8, 4) is 0 Å². The Labute approximate surface area is 62.2 Å². The van der Waals surface area contributed by atoms with Gasteiger partial charge in [0.15, 0.2) is 0 Å². The van der Waals surface area contributed by atoms with E-state index in [9.17, 15) is 5.11 Å². The van der Waals surface area contributed by atoms with Gasteiger partial charge in [-0.1, -0.05) is 13.5 Å². The minimum absolute atomic E-state index is 0.426. The number of aliphatic hydroxyl groups is 1. The highest BCUT2D eigenvalue weighted by Crippen LogP contribution is 2.16. The van der Waals surface area contributed by atoms with E-state index in [1.165, 1.54) is 6.42 Å². The zero-order valence-corrected chi connectivity index (χ0v) is 6.45. The smallest absolute Gasteiger partial charge is 0.126 e. The molecule has 0 aromatic carbocycles. The molecule has 2 atom stereocenters. The first-order valence-electron chi connectivity index (χ1n) is 3.78. The molecule has 1 heterocycles. The SMILES string of the molecule is C=CC(O)N1CCC(C)C1. The van der Waals surface area contributed by atoms with Crippen molar-refractivity contribution in [2.45, 2.75) is 19.6 Å². The van der Waals surface area contributed by atoms with Gasteiger partial charge >= 0.3 is 0 Å². The number of hydrogen-bond donors (Lipinski definition) is 1. The second kappa shape index (κ2) is 3.17. The maximum atomic E-state index is 9.28. The van der Waals surface area contributed by atoms with Gasteiger partial charge in [0.2, 0.25) is 0 Å². The summed E-state index contributed by atoms with van der Waals surface area (Å²) >= 11 is 0. The first-order valence-corrected chi connectivity index (χ1v) is 3.78. The van der Waals surface area contributed by atoms with E-state index in [0.29, 0.717) is 0 Å². The van der Waals surface area contributed by atoms with Crippen LogP contribution in [-0.4, -0.2) is 29.3 Å². The molecule has 2 heteroatoms. The molecule has 1 N–H and O–H groups in total. The second-order valence-electron chi connectivity index (χ2n) is 3.04. The molecule has 1 aliphatic heterocycles. The summed E-state index contributed by atoms with van der Waals surface area (Å²) in [6, 6.07) is 0. The van der Waals surface area contributed by atoms with Crippen molar-refractivity contribution in [1.82, 2.24) is 4.90 Å². The molecule has 0 saturated carbocycles. The van der Waals surface area contributed by atoms with E-state index in [4.69, 9.17) is 0 Å². The Morgan fingerprint density at radius 1 is 1.80 bits per heavy atom. The van der Waals surface area contributed by atoms with Gasteiger partial charge in [0.05, 0.1) is 0 Å². The molecule has 0 bridgehead atoms. The molecule has 2 unspecified atom stereocenters. The normalized spacial score (nSPS) is 30.4. The van der Waals surface area contributed by atoms with Crippen LogP contribution in [0.3, 0.4) is 0 Å². The summed E-state index contributed by atoms with van der Waals surface area (Å²) in [6.07, 6.45) is 2.35. The average molecular weight is 141 g/mol. The lowest BCUT2D eigenvalue weighted by molar-refractivity contribution is 0.0590. The maximum absolute atomic E-state index is 9.28. The quantitative estimate of drug-likeness (QED) is 0.576. The molecule has 1 aliphatic rings. The predicted octanol–water partition coefficient (Wildman–Crippen LogP) is 0.833. The number of aliphatic hydroxyl groups excluding tert-OH is 1. The van der Waals surface area contributed by atoms with Crippen LogP contribution in [0.5, 0.6) is 0 Å². The lowest BCUT2D eigenvalue weighted by atomic mass is 10.2. The zero-order valence-electron chi connectivity index (χ0n) is 6.45. The highest BCUT2D eigenvalue weighted by molar-refractivity contribution is 4.83. The molecule has 0 amide bonds. The van der Waals surface area contributed by atoms with E-state index in [-0.39, 0.29) is 0 Å². The fourth-order valence-corrected chi connectivity index (χ4v) is 1.36. The van der Waals surface area contributed by atoms with Crippen molar-refractivity contribution in [2.24, 2.45) is 5.92 Å². The third-order valence-electron chi connectivity index (χ3n) is 2.04. The van der Waals surface area contributed by atoms with Gasteiger partial charge in [0.25, 0.3) is 0 Å². The third kappa shape index (κ3) is 1.58. The lowest BCUT2D eigenvalue weighted by Gasteiger charge is -2.18. The number of nitrogens with zero attached hydrogens (tertiary/aromatic N) is 1. The van der Waals surface area contributed by atoms with Gasteiger partial charge < -0.3 is 5.11 Å². The van der Waals surface area contributed by atoms with Crippen molar-refractivity contribution in [2.75, 3.05) is 13.1 Å². The summed E-state index contributed by atoms with van der Waals surface area (Å²) in [4.78, 5) is 2.04. The zero-order chi connectivity index (χ0) is 7.56. The maximum Gasteiger partial charge on any atom is 0.126 e. The molecule has 0 spiro atoms. The van der Waals surface area contributed by atoms with Crippen LogP contribution in [0.25, 0.3) is 0 Å². The van der Waals surface area contributed by atoms with E-state index in [1.54, 1.807) is 6.08 Å². The molecule has 58 valence electrons. The fourth-order valence-electron chi connectivity index (χ4n) is 1.36. The Balaban J connectivity index is 2.36. The van der Waals surface area contributed by atoms with Crippen molar-refractivity contribution in [1.29, 1.82) is 0 Å². The first kappa shape index (κ1) is 7.76. The van der Waals surface area contributed by atoms with Crippen LogP contribution < -0.4 is 0 Å². The summed E-state index contributed by atoms with van der Waals surface area (Å²) < 4.78 is 0. The summed E-state index contributed by atoms with van der Waals surface area (Å²) in [5.41, 5.74) is 0. The van der Waals surface area contributed by atoms with Crippen molar-refractivity contribution < 1.29 is 5.11 Å². The second-order valence-corrected chi connectivity index (χ2v) is 3.04. The largest absolute Gasteiger partial charge is 0.375 e. The third-order valence-corrected chi connectivity index (χ3v) is 2.04. The standard InChI is InChI=1S/C8H15NO/c1-3-8(10)9-5-4-7(2)6-9/h3,7-8,10H,1,4-6H2,2H3. The Bertz CT molecular complexity index is 124. The monoisotopic (exact) mass is 141 g/mol. The van der Waals surface area contributed by atoms with E-state index < -0.39 is 6.23 Å². The van der Waals surface area contributed by atoms with Crippen LogP contribution in [-0.2, 0) is 0 Å². The van der Waals surface area contributed by atoms with Crippen molar-refractivity contribution >= 4 is 0 Å². The molecular formula is C8H15NO. The summed E-state index contributed by atoms with van der Waals surface area (Å²) in [5.74, 6) is 0.731. The molecule has 0 aliphatic carbocycles. The Morgan fingerprint density at radius 3 is 2.90 bits per heavy atom. The molecule has 0 aromatic heterocycles. The van der Waals surface area contributed by atoms with Gasteiger partial charge in [0.1, 0.15) is 6.23 Å². The van der Waals surface area contributed by atoms with Gasteiger partial charge in [-0.25, -0.2) is 0 Å². The van der Waals surface area contributed by atoms with Crippen LogP contribution >= 0.6 is 0 Å². The highest BCUT2D eigenvalue weighted by atomic mass is 16.3. The van der Waals surface area contributed by atoms with Crippen LogP contribution in [0.1, 0.15) is 13.3 Å². The number of hydrogen-bond acceptors (Lipinski definition) is 2. The van der Waals surface area contributed by atoms with Crippen molar-refractivity contribution in [3.63, 3.8) is 0 Å². The van der Waals surface area contributed by atoms with E-state index in [0.717, 1.165) is 19.0 Å². The van der Waals surface area contributed by atoms with Crippen LogP contribution in [0.15, 0.2) is 12.7 Å². The predicted molar refractivity (Wildman–Crippen MR) is 41.6 cm³/mol. The number of rotatable bonds is 2. The topological polar surface area (TPSA) is 23.5 Å². The van der Waals surface area contributed by atoms with Crippen molar-refractivity contribution in [3.05, 3.63) is 12.7 Å². The molecule has 1 rings (SSSR count). The molecule has 1 fully saturated rings. The Morgan fingerprint density at radius 2 is 2.50 bits per heavy atom. The van der Waals surface area contributed by atoms with E-state index in [1.807, 2.05) is 4.90 Å². The van der Waals surface area contributed by atoms with Gasteiger partial charge in [0, 0.05) is 13.1 Å². The molecule has 0 aromatic rings. The lowest BCUT2D eigenvalue weighted by Crippen LogP contribution is -2.30. The average Bonchev–Trinajstić information content (AvgIpc) is 2.34.